The summed E-state index contributed by atoms with van der Waals surface area (Å²) in [7, 11) is 0. The van der Waals surface area contributed by atoms with Crippen LogP contribution in [-0.2, 0) is 6.42 Å². The number of hydrogen-bond acceptors (Lipinski definition) is 2. The van der Waals surface area contributed by atoms with Crippen molar-refractivity contribution in [2.24, 2.45) is 0 Å². The minimum Gasteiger partial charge on any atom is -0.399 e. The summed E-state index contributed by atoms with van der Waals surface area (Å²) in [4.78, 5) is 12.3. The molecular formula is C16H16BrNO. The lowest BCUT2D eigenvalue weighted by Gasteiger charge is -2.07. The van der Waals surface area contributed by atoms with E-state index in [1.54, 1.807) is 18.2 Å². The van der Waals surface area contributed by atoms with Crippen molar-refractivity contribution in [2.75, 3.05) is 5.73 Å². The lowest BCUT2D eigenvalue weighted by atomic mass is 9.99. The summed E-state index contributed by atoms with van der Waals surface area (Å²) >= 11 is 3.39. The zero-order chi connectivity index (χ0) is 14.0. The molecule has 0 aliphatic carbocycles. The Morgan fingerprint density at radius 3 is 2.47 bits per heavy atom. The predicted molar refractivity (Wildman–Crippen MR) is 82.5 cm³/mol. The van der Waals surface area contributed by atoms with Crippen molar-refractivity contribution >= 4 is 27.4 Å². The molecule has 0 heterocycles. The van der Waals surface area contributed by atoms with Gasteiger partial charge in [-0.1, -0.05) is 18.2 Å². The van der Waals surface area contributed by atoms with Gasteiger partial charge in [-0.2, -0.15) is 0 Å². The molecule has 0 aliphatic heterocycles. The second-order valence-corrected chi connectivity index (χ2v) is 5.61. The first-order valence-electron chi connectivity index (χ1n) is 6.11. The second-order valence-electron chi connectivity index (χ2n) is 4.76. The molecule has 2 rings (SSSR count). The van der Waals surface area contributed by atoms with Crippen molar-refractivity contribution in [3.05, 3.63) is 63.1 Å². The molecule has 0 fully saturated rings. The fourth-order valence-corrected chi connectivity index (χ4v) is 2.57. The lowest BCUT2D eigenvalue weighted by Crippen LogP contribution is -2.05. The molecule has 0 aromatic heterocycles. The fraction of sp³-hybridized carbons (Fsp3) is 0.188. The number of ketones is 1. The van der Waals surface area contributed by atoms with Crippen molar-refractivity contribution in [3.8, 4) is 0 Å². The molecule has 2 aromatic carbocycles. The topological polar surface area (TPSA) is 43.1 Å². The Kier molecular flexibility index (Phi) is 4.05. The molecule has 0 aliphatic rings. The third kappa shape index (κ3) is 3.24. The van der Waals surface area contributed by atoms with Gasteiger partial charge in [-0.05, 0) is 64.7 Å². The van der Waals surface area contributed by atoms with Crippen LogP contribution in [0.3, 0.4) is 0 Å². The van der Waals surface area contributed by atoms with E-state index in [4.69, 9.17) is 5.73 Å². The molecule has 98 valence electrons. The Labute approximate surface area is 121 Å². The number of Topliss-reactive ketones (excluding diaryl/α,β-unsaturated/α-hetero) is 1. The van der Waals surface area contributed by atoms with Gasteiger partial charge in [0.2, 0.25) is 0 Å². The van der Waals surface area contributed by atoms with Gasteiger partial charge in [0.05, 0.1) is 0 Å². The number of rotatable bonds is 3. The van der Waals surface area contributed by atoms with Gasteiger partial charge in [-0.25, -0.2) is 0 Å². The molecule has 19 heavy (non-hydrogen) atoms. The van der Waals surface area contributed by atoms with E-state index in [0.717, 1.165) is 10.0 Å². The summed E-state index contributed by atoms with van der Waals surface area (Å²) in [6.07, 6.45) is 0.406. The number of carbonyl (C=O) groups excluding carboxylic acids is 1. The molecule has 2 nitrogen and oxygen atoms in total. The first kappa shape index (κ1) is 13.8. The first-order chi connectivity index (χ1) is 8.97. The monoisotopic (exact) mass is 317 g/mol. The zero-order valence-corrected chi connectivity index (χ0v) is 12.6. The van der Waals surface area contributed by atoms with Crippen LogP contribution in [0.2, 0.25) is 0 Å². The molecule has 0 bridgehead atoms. The van der Waals surface area contributed by atoms with Gasteiger partial charge in [-0.3, -0.25) is 4.79 Å². The van der Waals surface area contributed by atoms with E-state index in [2.05, 4.69) is 41.9 Å². The molecule has 0 atom stereocenters. The average Bonchev–Trinajstić information content (AvgIpc) is 2.33. The highest BCUT2D eigenvalue weighted by Crippen LogP contribution is 2.22. The van der Waals surface area contributed by atoms with Gasteiger partial charge in [-0.15, -0.1) is 0 Å². The minimum absolute atomic E-state index is 0.0927. The molecule has 2 N–H and O–H groups in total. The summed E-state index contributed by atoms with van der Waals surface area (Å²) in [5.74, 6) is 0.0927. The number of aryl methyl sites for hydroxylation is 2. The highest BCUT2D eigenvalue weighted by atomic mass is 79.9. The third-order valence-corrected chi connectivity index (χ3v) is 3.89. The summed E-state index contributed by atoms with van der Waals surface area (Å²) in [5.41, 5.74) is 10.5. The quantitative estimate of drug-likeness (QED) is 0.685. The molecule has 2 aromatic rings. The Morgan fingerprint density at radius 2 is 1.84 bits per heavy atom. The van der Waals surface area contributed by atoms with Gasteiger partial charge in [0.25, 0.3) is 0 Å². The number of anilines is 1. The summed E-state index contributed by atoms with van der Waals surface area (Å²) in [6.45, 7) is 4.12. The van der Waals surface area contributed by atoms with Crippen molar-refractivity contribution in [3.63, 3.8) is 0 Å². The minimum atomic E-state index is 0.0927. The Bertz CT molecular complexity index is 635. The fourth-order valence-electron chi connectivity index (χ4n) is 1.95. The predicted octanol–water partition coefficient (Wildman–Crippen LogP) is 4.07. The van der Waals surface area contributed by atoms with Crippen LogP contribution in [0.4, 0.5) is 5.69 Å². The van der Waals surface area contributed by atoms with Crippen molar-refractivity contribution < 1.29 is 4.79 Å². The number of nitrogens with two attached hydrogens (primary N) is 1. The molecule has 0 saturated carbocycles. The number of benzene rings is 2. The van der Waals surface area contributed by atoms with Crippen LogP contribution in [0.5, 0.6) is 0 Å². The van der Waals surface area contributed by atoms with E-state index in [0.29, 0.717) is 17.7 Å². The maximum Gasteiger partial charge on any atom is 0.168 e. The van der Waals surface area contributed by atoms with Crippen LogP contribution in [0, 0.1) is 13.8 Å². The van der Waals surface area contributed by atoms with Crippen molar-refractivity contribution in [1.29, 1.82) is 0 Å². The summed E-state index contributed by atoms with van der Waals surface area (Å²) in [6, 6.07) is 11.4. The van der Waals surface area contributed by atoms with Gasteiger partial charge in [0.1, 0.15) is 0 Å². The summed E-state index contributed by atoms with van der Waals surface area (Å²) < 4.78 is 0.751. The van der Waals surface area contributed by atoms with E-state index < -0.39 is 0 Å². The van der Waals surface area contributed by atoms with Crippen LogP contribution < -0.4 is 5.73 Å². The Morgan fingerprint density at radius 1 is 1.11 bits per heavy atom. The first-order valence-corrected chi connectivity index (χ1v) is 6.91. The highest BCUT2D eigenvalue weighted by Gasteiger charge is 2.11. The maximum atomic E-state index is 12.3. The smallest absolute Gasteiger partial charge is 0.168 e. The Balaban J connectivity index is 2.23. The number of halogens is 1. The SMILES string of the molecule is Cc1ccc(CC(=O)c2ccc(N)cc2Br)cc1C. The summed E-state index contributed by atoms with van der Waals surface area (Å²) in [5, 5.41) is 0. The second kappa shape index (κ2) is 5.57. The molecule has 3 heteroatoms. The highest BCUT2D eigenvalue weighted by molar-refractivity contribution is 9.10. The van der Waals surface area contributed by atoms with E-state index in [1.165, 1.54) is 11.1 Å². The van der Waals surface area contributed by atoms with E-state index >= 15 is 0 Å². The molecule has 0 saturated heterocycles. The molecule has 0 spiro atoms. The average molecular weight is 318 g/mol. The molecule has 0 amide bonds. The molecule has 0 radical (unpaired) electrons. The molecule has 0 unspecified atom stereocenters. The van der Waals surface area contributed by atoms with Gasteiger partial charge < -0.3 is 5.73 Å². The molecular weight excluding hydrogens is 302 g/mol. The van der Waals surface area contributed by atoms with Crippen molar-refractivity contribution in [1.82, 2.24) is 0 Å². The van der Waals surface area contributed by atoms with Gasteiger partial charge >= 0.3 is 0 Å². The number of hydrogen-bond donors (Lipinski definition) is 1. The van der Waals surface area contributed by atoms with Crippen LogP contribution in [0.25, 0.3) is 0 Å². The van der Waals surface area contributed by atoms with Crippen LogP contribution in [0.15, 0.2) is 40.9 Å². The number of nitrogen functional groups attached to an aromatic ring is 1. The normalized spacial score (nSPS) is 10.5. The van der Waals surface area contributed by atoms with Crippen LogP contribution >= 0.6 is 15.9 Å². The Hall–Kier alpha value is -1.61. The van der Waals surface area contributed by atoms with Gasteiger partial charge in [0.15, 0.2) is 5.78 Å². The van der Waals surface area contributed by atoms with E-state index in [9.17, 15) is 4.79 Å². The van der Waals surface area contributed by atoms with E-state index in [-0.39, 0.29) is 5.78 Å². The largest absolute Gasteiger partial charge is 0.399 e. The van der Waals surface area contributed by atoms with Crippen LogP contribution in [0.1, 0.15) is 27.0 Å². The lowest BCUT2D eigenvalue weighted by molar-refractivity contribution is 0.0992. The third-order valence-electron chi connectivity index (χ3n) is 3.23. The maximum absolute atomic E-state index is 12.3. The standard InChI is InChI=1S/C16H16BrNO/c1-10-3-4-12(7-11(10)2)8-16(19)14-6-5-13(18)9-15(14)17/h3-7,9H,8,18H2,1-2H3. The van der Waals surface area contributed by atoms with Crippen LogP contribution in [-0.4, -0.2) is 5.78 Å². The van der Waals surface area contributed by atoms with Gasteiger partial charge in [0, 0.05) is 22.1 Å². The zero-order valence-electron chi connectivity index (χ0n) is 11.0. The number of carbonyl (C=O) groups is 1. The van der Waals surface area contributed by atoms with E-state index in [1.807, 2.05) is 6.07 Å². The van der Waals surface area contributed by atoms with Crippen molar-refractivity contribution in [2.45, 2.75) is 20.3 Å².